The molecule has 5 rings (SSSR count). The molecule has 184 valence electrons. The fourth-order valence-electron chi connectivity index (χ4n) is 5.11. The minimum absolute atomic E-state index is 0.0156. The minimum Gasteiger partial charge on any atom is -0.481 e. The molecule has 2 amide bonds. The normalized spacial score (nSPS) is 25.0. The van der Waals surface area contributed by atoms with Gasteiger partial charge in [-0.05, 0) is 35.1 Å². The van der Waals surface area contributed by atoms with Crippen LogP contribution < -0.4 is 10.6 Å². The van der Waals surface area contributed by atoms with Crippen LogP contribution in [0.2, 0.25) is 0 Å². The summed E-state index contributed by atoms with van der Waals surface area (Å²) in [5.41, 5.74) is 4.62. The number of alkyl carbamates (subject to hydrolysis) is 1. The number of hydrogen-bond donors (Lipinski definition) is 3. The zero-order valence-corrected chi connectivity index (χ0v) is 19.1. The van der Waals surface area contributed by atoms with Gasteiger partial charge in [0.05, 0.1) is 25.4 Å². The number of nitrogens with one attached hydrogen (secondary N) is 2. The Morgan fingerprint density at radius 2 is 1.66 bits per heavy atom. The van der Waals surface area contributed by atoms with Crippen molar-refractivity contribution in [2.75, 3.05) is 26.4 Å². The van der Waals surface area contributed by atoms with E-state index in [4.69, 9.17) is 14.2 Å². The number of carbonyl (C=O) groups excluding carboxylic acids is 2. The number of benzene rings is 2. The van der Waals surface area contributed by atoms with Crippen molar-refractivity contribution < 1.29 is 33.7 Å². The number of hydrogen-bond acceptors (Lipinski definition) is 6. The first-order valence-electron chi connectivity index (χ1n) is 11.9. The number of fused-ring (bicyclic) bond motifs is 3. The predicted octanol–water partition coefficient (Wildman–Crippen LogP) is 2.29. The minimum atomic E-state index is -0.995. The van der Waals surface area contributed by atoms with Gasteiger partial charge in [0, 0.05) is 12.5 Å². The van der Waals surface area contributed by atoms with E-state index in [9.17, 15) is 19.5 Å². The van der Waals surface area contributed by atoms with Crippen LogP contribution in [0, 0.1) is 5.92 Å². The molecule has 0 aromatic heterocycles. The zero-order valence-electron chi connectivity index (χ0n) is 19.1. The van der Waals surface area contributed by atoms with Gasteiger partial charge in [0.15, 0.2) is 0 Å². The lowest BCUT2D eigenvalue weighted by Crippen LogP contribution is -2.47. The average molecular weight is 481 g/mol. The summed E-state index contributed by atoms with van der Waals surface area (Å²) in [5.74, 6) is -2.12. The van der Waals surface area contributed by atoms with E-state index in [0.717, 1.165) is 11.1 Å². The third-order valence-electron chi connectivity index (χ3n) is 6.94. The first-order valence-corrected chi connectivity index (χ1v) is 11.9. The first-order chi connectivity index (χ1) is 17.0. The van der Waals surface area contributed by atoms with Gasteiger partial charge >= 0.3 is 12.1 Å². The standard InChI is InChI=1S/C26H28N2O7/c29-24(28-22-14-33-12-21(22)25(30)31)23-10-9-15(35-23)11-27-26(32)34-13-20-18-7-3-1-5-16(18)17-6-2-4-8-19(17)20/h1-8,15,20-23H,9-14H2,(H,27,32)(H,28,29)(H,30,31). The highest BCUT2D eigenvalue weighted by Crippen LogP contribution is 2.44. The van der Waals surface area contributed by atoms with Gasteiger partial charge < -0.3 is 30.0 Å². The summed E-state index contributed by atoms with van der Waals surface area (Å²) in [6.45, 7) is 0.704. The van der Waals surface area contributed by atoms with Gasteiger partial charge in [-0.3, -0.25) is 9.59 Å². The Bertz CT molecular complexity index is 1070. The molecule has 1 aliphatic carbocycles. The van der Waals surface area contributed by atoms with Crippen LogP contribution in [0.15, 0.2) is 48.5 Å². The molecule has 2 heterocycles. The third kappa shape index (κ3) is 4.87. The van der Waals surface area contributed by atoms with E-state index in [1.54, 1.807) is 0 Å². The van der Waals surface area contributed by atoms with Gasteiger partial charge in [0.25, 0.3) is 0 Å². The maximum absolute atomic E-state index is 12.5. The molecule has 9 heteroatoms. The number of ether oxygens (including phenoxy) is 3. The monoisotopic (exact) mass is 480 g/mol. The Hall–Kier alpha value is -3.43. The molecule has 9 nitrogen and oxygen atoms in total. The van der Waals surface area contributed by atoms with Crippen LogP contribution in [-0.2, 0) is 23.8 Å². The van der Waals surface area contributed by atoms with Gasteiger partial charge in [-0.15, -0.1) is 0 Å². The van der Waals surface area contributed by atoms with Gasteiger partial charge in [0.2, 0.25) is 5.91 Å². The quantitative estimate of drug-likeness (QED) is 0.556. The molecule has 2 aromatic carbocycles. The van der Waals surface area contributed by atoms with Crippen molar-refractivity contribution in [2.45, 2.75) is 37.0 Å². The Kier molecular flexibility index (Phi) is 6.70. The number of rotatable bonds is 7. The Morgan fingerprint density at radius 3 is 2.34 bits per heavy atom. The van der Waals surface area contributed by atoms with Crippen molar-refractivity contribution in [3.8, 4) is 11.1 Å². The predicted molar refractivity (Wildman–Crippen MR) is 125 cm³/mol. The van der Waals surface area contributed by atoms with Crippen molar-refractivity contribution in [1.29, 1.82) is 0 Å². The summed E-state index contributed by atoms with van der Waals surface area (Å²) in [4.78, 5) is 36.2. The summed E-state index contributed by atoms with van der Waals surface area (Å²) in [6, 6.07) is 15.7. The molecule has 0 radical (unpaired) electrons. The van der Waals surface area contributed by atoms with Crippen LogP contribution in [0.4, 0.5) is 4.79 Å². The highest BCUT2D eigenvalue weighted by molar-refractivity contribution is 5.82. The summed E-state index contributed by atoms with van der Waals surface area (Å²) >= 11 is 0. The Balaban J connectivity index is 1.08. The van der Waals surface area contributed by atoms with Crippen molar-refractivity contribution >= 4 is 18.0 Å². The molecule has 0 saturated carbocycles. The van der Waals surface area contributed by atoms with E-state index in [-0.39, 0.29) is 44.3 Å². The van der Waals surface area contributed by atoms with Crippen LogP contribution in [0.25, 0.3) is 11.1 Å². The molecule has 2 aromatic rings. The molecule has 4 unspecified atom stereocenters. The Labute approximate surface area is 202 Å². The molecule has 35 heavy (non-hydrogen) atoms. The summed E-state index contributed by atoms with van der Waals surface area (Å²) in [6.07, 6.45) is -0.434. The number of carbonyl (C=O) groups is 3. The van der Waals surface area contributed by atoms with E-state index < -0.39 is 30.1 Å². The van der Waals surface area contributed by atoms with E-state index >= 15 is 0 Å². The maximum Gasteiger partial charge on any atom is 0.407 e. The molecule has 2 fully saturated rings. The molecule has 2 saturated heterocycles. The third-order valence-corrected chi connectivity index (χ3v) is 6.94. The number of aliphatic carboxylic acids is 1. The lowest BCUT2D eigenvalue weighted by atomic mass is 9.98. The van der Waals surface area contributed by atoms with Crippen molar-refractivity contribution in [2.24, 2.45) is 5.92 Å². The average Bonchev–Trinajstić information content (AvgIpc) is 3.59. The molecular weight excluding hydrogens is 452 g/mol. The maximum atomic E-state index is 12.5. The molecule has 0 spiro atoms. The van der Waals surface area contributed by atoms with Gasteiger partial charge in [-0.25, -0.2) is 4.79 Å². The second-order valence-electron chi connectivity index (χ2n) is 9.13. The lowest BCUT2D eigenvalue weighted by Gasteiger charge is -2.19. The molecule has 3 N–H and O–H groups in total. The van der Waals surface area contributed by atoms with Gasteiger partial charge in [-0.2, -0.15) is 0 Å². The van der Waals surface area contributed by atoms with Crippen LogP contribution in [0.5, 0.6) is 0 Å². The fraction of sp³-hybridized carbons (Fsp3) is 0.423. The van der Waals surface area contributed by atoms with E-state index in [2.05, 4.69) is 34.9 Å². The largest absolute Gasteiger partial charge is 0.481 e. The molecular formula is C26H28N2O7. The smallest absolute Gasteiger partial charge is 0.407 e. The van der Waals surface area contributed by atoms with Crippen LogP contribution in [0.1, 0.15) is 29.9 Å². The molecule has 4 atom stereocenters. The molecule has 2 aliphatic heterocycles. The topological polar surface area (TPSA) is 123 Å². The molecule has 0 bridgehead atoms. The van der Waals surface area contributed by atoms with E-state index in [0.29, 0.717) is 12.8 Å². The van der Waals surface area contributed by atoms with Gasteiger partial charge in [0.1, 0.15) is 18.6 Å². The van der Waals surface area contributed by atoms with Crippen LogP contribution in [0.3, 0.4) is 0 Å². The Morgan fingerprint density at radius 1 is 0.971 bits per heavy atom. The van der Waals surface area contributed by atoms with Crippen molar-refractivity contribution in [1.82, 2.24) is 10.6 Å². The summed E-state index contributed by atoms with van der Waals surface area (Å²) in [7, 11) is 0. The highest BCUT2D eigenvalue weighted by Gasteiger charge is 2.38. The summed E-state index contributed by atoms with van der Waals surface area (Å²) < 4.78 is 16.5. The van der Waals surface area contributed by atoms with Crippen LogP contribution in [-0.4, -0.2) is 67.7 Å². The SMILES string of the molecule is O=C(NCC1CCC(C(=O)NC2COCC2C(=O)O)O1)OCC1c2ccccc2-c2ccccc21. The first kappa shape index (κ1) is 23.3. The van der Waals surface area contributed by atoms with Crippen molar-refractivity contribution in [3.63, 3.8) is 0 Å². The number of amides is 2. The van der Waals surface area contributed by atoms with E-state index in [1.807, 2.05) is 24.3 Å². The van der Waals surface area contributed by atoms with Crippen LogP contribution >= 0.6 is 0 Å². The highest BCUT2D eigenvalue weighted by atomic mass is 16.6. The van der Waals surface area contributed by atoms with Gasteiger partial charge in [-0.1, -0.05) is 48.5 Å². The zero-order chi connectivity index (χ0) is 24.4. The second-order valence-corrected chi connectivity index (χ2v) is 9.13. The molecule has 3 aliphatic rings. The number of carboxylic acid groups (broad SMARTS) is 1. The van der Waals surface area contributed by atoms with E-state index in [1.165, 1.54) is 11.1 Å². The lowest BCUT2D eigenvalue weighted by molar-refractivity contribution is -0.142. The second kappa shape index (κ2) is 10.1. The number of carboxylic acids is 1. The fourth-order valence-corrected chi connectivity index (χ4v) is 5.11. The summed E-state index contributed by atoms with van der Waals surface area (Å²) in [5, 5.41) is 14.7. The van der Waals surface area contributed by atoms with Crippen molar-refractivity contribution in [3.05, 3.63) is 59.7 Å².